The average molecular weight is 399 g/mol. The molecular formula is C20H21N3O6. The van der Waals surface area contributed by atoms with Crippen molar-refractivity contribution in [3.8, 4) is 0 Å². The van der Waals surface area contributed by atoms with Crippen LogP contribution in [0.1, 0.15) is 35.3 Å². The molecule has 0 bridgehead atoms. The molecule has 0 fully saturated rings. The van der Waals surface area contributed by atoms with Crippen LogP contribution in [0.25, 0.3) is 0 Å². The maximum absolute atomic E-state index is 11.9. The summed E-state index contributed by atoms with van der Waals surface area (Å²) in [6.07, 6.45) is -0.111. The van der Waals surface area contributed by atoms with Crippen LogP contribution in [0.4, 0.5) is 5.69 Å². The Kier molecular flexibility index (Phi) is 7.84. The van der Waals surface area contributed by atoms with Crippen molar-refractivity contribution >= 4 is 23.5 Å². The summed E-state index contributed by atoms with van der Waals surface area (Å²) >= 11 is 0. The van der Waals surface area contributed by atoms with Gasteiger partial charge in [-0.15, -0.1) is 0 Å². The minimum atomic E-state index is -0.628. The number of hydrogen-bond donors (Lipinski definition) is 2. The second-order valence-electron chi connectivity index (χ2n) is 6.17. The number of nitro benzene ring substituents is 1. The molecule has 9 heteroatoms. The minimum Gasteiger partial charge on any atom is -0.456 e. The lowest BCUT2D eigenvalue weighted by Crippen LogP contribution is -2.32. The summed E-state index contributed by atoms with van der Waals surface area (Å²) in [6, 6.07) is 14.2. The molecule has 0 radical (unpaired) electrons. The van der Waals surface area contributed by atoms with Gasteiger partial charge in [0.1, 0.15) is 0 Å². The second kappa shape index (κ2) is 10.5. The lowest BCUT2D eigenvalue weighted by molar-refractivity contribution is -0.384. The summed E-state index contributed by atoms with van der Waals surface area (Å²) in [7, 11) is 0. The molecule has 0 aliphatic carbocycles. The van der Waals surface area contributed by atoms with Gasteiger partial charge in [-0.05, 0) is 24.6 Å². The van der Waals surface area contributed by atoms with Crippen molar-refractivity contribution in [2.45, 2.75) is 19.4 Å². The van der Waals surface area contributed by atoms with Crippen LogP contribution in [0.3, 0.4) is 0 Å². The number of hydrogen-bond acceptors (Lipinski definition) is 6. The van der Waals surface area contributed by atoms with Crippen LogP contribution in [0.15, 0.2) is 54.6 Å². The molecule has 152 valence electrons. The first-order valence-corrected chi connectivity index (χ1v) is 8.89. The Morgan fingerprint density at radius 3 is 2.34 bits per heavy atom. The zero-order chi connectivity index (χ0) is 21.2. The monoisotopic (exact) mass is 399 g/mol. The summed E-state index contributed by atoms with van der Waals surface area (Å²) in [6.45, 7) is 1.42. The lowest BCUT2D eigenvalue weighted by Gasteiger charge is -2.14. The van der Waals surface area contributed by atoms with Crippen molar-refractivity contribution in [2.75, 3.05) is 13.2 Å². The van der Waals surface area contributed by atoms with Crippen molar-refractivity contribution in [1.82, 2.24) is 10.6 Å². The van der Waals surface area contributed by atoms with Crippen LogP contribution >= 0.6 is 0 Å². The first-order valence-electron chi connectivity index (χ1n) is 8.89. The van der Waals surface area contributed by atoms with Gasteiger partial charge in [-0.2, -0.15) is 0 Å². The Balaban J connectivity index is 1.67. The maximum Gasteiger partial charge on any atom is 0.308 e. The highest BCUT2D eigenvalue weighted by molar-refractivity contribution is 5.94. The first kappa shape index (κ1) is 21.5. The van der Waals surface area contributed by atoms with E-state index in [4.69, 9.17) is 4.74 Å². The molecule has 9 nitrogen and oxygen atoms in total. The van der Waals surface area contributed by atoms with E-state index >= 15 is 0 Å². The van der Waals surface area contributed by atoms with E-state index in [0.29, 0.717) is 0 Å². The largest absolute Gasteiger partial charge is 0.456 e. The van der Waals surface area contributed by atoms with E-state index in [1.807, 2.05) is 37.3 Å². The summed E-state index contributed by atoms with van der Waals surface area (Å²) in [5.74, 6) is -1.52. The van der Waals surface area contributed by atoms with Crippen LogP contribution < -0.4 is 10.6 Å². The molecule has 0 spiro atoms. The number of ether oxygens (including phenoxy) is 1. The molecule has 0 saturated carbocycles. The molecule has 2 N–H and O–H groups in total. The highest BCUT2D eigenvalue weighted by Crippen LogP contribution is 2.12. The van der Waals surface area contributed by atoms with Gasteiger partial charge in [-0.1, -0.05) is 30.3 Å². The van der Waals surface area contributed by atoms with Crippen LogP contribution in [0.5, 0.6) is 0 Å². The van der Waals surface area contributed by atoms with Crippen molar-refractivity contribution in [1.29, 1.82) is 0 Å². The number of rotatable bonds is 9. The smallest absolute Gasteiger partial charge is 0.308 e. The number of amides is 2. The highest BCUT2D eigenvalue weighted by atomic mass is 16.6. The summed E-state index contributed by atoms with van der Waals surface area (Å²) in [5, 5.41) is 15.8. The molecule has 0 aliphatic rings. The number of carbonyl (C=O) groups is 3. The molecular weight excluding hydrogens is 378 g/mol. The van der Waals surface area contributed by atoms with Gasteiger partial charge in [-0.3, -0.25) is 24.5 Å². The van der Waals surface area contributed by atoms with Crippen LogP contribution in [-0.2, 0) is 14.3 Å². The number of esters is 1. The molecule has 0 aromatic heterocycles. The topological polar surface area (TPSA) is 128 Å². The maximum atomic E-state index is 11.9. The van der Waals surface area contributed by atoms with Crippen molar-refractivity contribution in [2.24, 2.45) is 0 Å². The number of nitrogens with zero attached hydrogens (tertiary/aromatic N) is 1. The molecule has 2 rings (SSSR count). The molecule has 0 aliphatic heterocycles. The second-order valence-corrected chi connectivity index (χ2v) is 6.17. The summed E-state index contributed by atoms with van der Waals surface area (Å²) in [5.41, 5.74) is 1.05. The number of nitrogens with one attached hydrogen (secondary N) is 2. The third-order valence-electron chi connectivity index (χ3n) is 4.00. The molecule has 0 unspecified atom stereocenters. The fourth-order valence-corrected chi connectivity index (χ4v) is 2.44. The van der Waals surface area contributed by atoms with Gasteiger partial charge in [0.05, 0.1) is 17.4 Å². The van der Waals surface area contributed by atoms with Gasteiger partial charge in [0.25, 0.3) is 17.5 Å². The van der Waals surface area contributed by atoms with E-state index in [9.17, 15) is 24.5 Å². The number of nitro groups is 1. The van der Waals surface area contributed by atoms with E-state index in [-0.39, 0.29) is 30.3 Å². The Morgan fingerprint density at radius 2 is 1.72 bits per heavy atom. The molecule has 2 aromatic rings. The SMILES string of the molecule is C[C@@H](NC(=O)COC(=O)CCNC(=O)c1ccc([N+](=O)[O-])cc1)c1ccccc1. The molecule has 29 heavy (non-hydrogen) atoms. The van der Waals surface area contributed by atoms with E-state index in [1.54, 1.807) is 0 Å². The minimum absolute atomic E-state index is 0.0106. The molecule has 0 saturated heterocycles. The third-order valence-corrected chi connectivity index (χ3v) is 4.00. The Morgan fingerprint density at radius 1 is 1.07 bits per heavy atom. The van der Waals surface area contributed by atoms with E-state index in [0.717, 1.165) is 5.56 Å². The Hall–Kier alpha value is -3.75. The van der Waals surface area contributed by atoms with Gasteiger partial charge in [-0.25, -0.2) is 0 Å². The van der Waals surface area contributed by atoms with Crippen LogP contribution in [0, 0.1) is 10.1 Å². The van der Waals surface area contributed by atoms with Crippen LogP contribution in [-0.4, -0.2) is 35.9 Å². The number of benzene rings is 2. The number of non-ortho nitro benzene ring substituents is 1. The molecule has 1 atom stereocenters. The third kappa shape index (κ3) is 7.06. The highest BCUT2D eigenvalue weighted by Gasteiger charge is 2.13. The van der Waals surface area contributed by atoms with Gasteiger partial charge < -0.3 is 15.4 Å². The van der Waals surface area contributed by atoms with Crippen molar-refractivity contribution in [3.63, 3.8) is 0 Å². The Labute approximate surface area is 167 Å². The van der Waals surface area contributed by atoms with Crippen LogP contribution in [0.2, 0.25) is 0 Å². The summed E-state index contributed by atoms with van der Waals surface area (Å²) in [4.78, 5) is 45.5. The average Bonchev–Trinajstić information content (AvgIpc) is 2.72. The summed E-state index contributed by atoms with van der Waals surface area (Å²) < 4.78 is 4.89. The number of carbonyl (C=O) groups excluding carboxylic acids is 3. The normalized spacial score (nSPS) is 11.2. The van der Waals surface area contributed by atoms with Crippen molar-refractivity contribution < 1.29 is 24.0 Å². The quantitative estimate of drug-likeness (QED) is 0.378. The predicted molar refractivity (Wildman–Crippen MR) is 104 cm³/mol. The van der Waals surface area contributed by atoms with Gasteiger partial charge >= 0.3 is 5.97 Å². The van der Waals surface area contributed by atoms with Crippen molar-refractivity contribution in [3.05, 3.63) is 75.8 Å². The fraction of sp³-hybridized carbons (Fsp3) is 0.250. The van der Waals surface area contributed by atoms with E-state index < -0.39 is 29.3 Å². The Bertz CT molecular complexity index is 868. The predicted octanol–water partition coefficient (Wildman–Crippen LogP) is 2.14. The van der Waals surface area contributed by atoms with E-state index in [1.165, 1.54) is 24.3 Å². The standard InChI is InChI=1S/C20H21N3O6/c1-14(15-5-3-2-4-6-15)22-18(24)13-29-19(25)11-12-21-20(26)16-7-9-17(10-8-16)23(27)28/h2-10,14H,11-13H2,1H3,(H,21,26)(H,22,24)/t14-/m1/s1. The van der Waals surface area contributed by atoms with Gasteiger partial charge in [0.2, 0.25) is 0 Å². The fourth-order valence-electron chi connectivity index (χ4n) is 2.44. The van der Waals surface area contributed by atoms with Gasteiger partial charge in [0.15, 0.2) is 6.61 Å². The zero-order valence-corrected chi connectivity index (χ0v) is 15.8. The van der Waals surface area contributed by atoms with Gasteiger partial charge in [0, 0.05) is 24.2 Å². The van der Waals surface area contributed by atoms with E-state index in [2.05, 4.69) is 10.6 Å². The lowest BCUT2D eigenvalue weighted by atomic mass is 10.1. The first-order chi connectivity index (χ1) is 13.9. The molecule has 2 amide bonds. The molecule has 2 aromatic carbocycles. The molecule has 0 heterocycles. The zero-order valence-electron chi connectivity index (χ0n) is 15.8.